The molecule has 16 aromatic rings. The molecule has 6 heteroatoms. The number of thiophene rings is 2. The average Bonchev–Trinajstić information content (AvgIpc) is 3.15. The van der Waals surface area contributed by atoms with Crippen molar-refractivity contribution in [2.75, 3.05) is 0 Å². The maximum atomic E-state index is 2.55. The summed E-state index contributed by atoms with van der Waals surface area (Å²) in [6.45, 7) is 10.1. The van der Waals surface area contributed by atoms with Crippen LogP contribution in [0.3, 0.4) is 0 Å². The molecule has 0 fully saturated rings. The zero-order valence-electron chi connectivity index (χ0n) is 45.9. The van der Waals surface area contributed by atoms with E-state index in [-0.39, 0.29) is 0 Å². The van der Waals surface area contributed by atoms with Crippen molar-refractivity contribution in [3.05, 3.63) is 243 Å². The summed E-state index contributed by atoms with van der Waals surface area (Å²) in [4.78, 5) is 0. The fraction of sp³-hybridized carbons (Fsp3) is 0.0526. The summed E-state index contributed by atoms with van der Waals surface area (Å²) in [6.07, 6.45) is 0. The number of aromatic nitrogens is 2. The van der Waals surface area contributed by atoms with Crippen LogP contribution in [-0.4, -0.2) is 25.3 Å². The topological polar surface area (TPSA) is 9.86 Å². The van der Waals surface area contributed by atoms with Gasteiger partial charge in [0.25, 0.3) is 0 Å². The number of benzene rings is 12. The van der Waals surface area contributed by atoms with E-state index in [0.29, 0.717) is 0 Å². The molecule has 4 aromatic heterocycles. The van der Waals surface area contributed by atoms with Gasteiger partial charge in [-0.1, -0.05) is 104 Å². The Labute approximate surface area is 485 Å². The fourth-order valence-corrected chi connectivity index (χ4v) is 24.3. The van der Waals surface area contributed by atoms with Crippen molar-refractivity contribution in [3.63, 3.8) is 0 Å². The van der Waals surface area contributed by atoms with E-state index < -0.39 is 16.1 Å². The Kier molecular flexibility index (Phi) is 9.62. The molecule has 6 heterocycles. The second-order valence-electron chi connectivity index (χ2n) is 24.3. The summed E-state index contributed by atoms with van der Waals surface area (Å²) in [5.74, 6) is 0. The average molecular weight is 1110 g/mol. The third kappa shape index (κ3) is 6.43. The molecule has 388 valence electrons. The van der Waals surface area contributed by atoms with Crippen LogP contribution >= 0.6 is 22.7 Å². The molecule has 0 unspecified atom stereocenters. The third-order valence-corrected chi connectivity index (χ3v) is 29.3. The van der Waals surface area contributed by atoms with Crippen LogP contribution in [0.1, 0.15) is 0 Å². The van der Waals surface area contributed by atoms with Crippen molar-refractivity contribution < 1.29 is 0 Å². The number of hydrogen-bond donors (Lipinski definition) is 0. The van der Waals surface area contributed by atoms with E-state index in [4.69, 9.17) is 0 Å². The van der Waals surface area contributed by atoms with Gasteiger partial charge >= 0.3 is 260 Å². The van der Waals surface area contributed by atoms with Gasteiger partial charge in [0, 0.05) is 25.9 Å². The first-order chi connectivity index (χ1) is 40.2. The minimum absolute atomic E-state index is 1.21. The molecule has 12 aromatic carbocycles. The molecular formula is C76H53N2S2Si2-. The molecule has 18 rings (SSSR count). The van der Waals surface area contributed by atoms with Gasteiger partial charge in [-0.2, -0.15) is 0 Å². The molecule has 0 bridgehead atoms. The van der Waals surface area contributed by atoms with Gasteiger partial charge in [-0.25, -0.2) is 0 Å². The summed E-state index contributed by atoms with van der Waals surface area (Å²) in [7, 11) is -4.26. The van der Waals surface area contributed by atoms with Crippen molar-refractivity contribution in [1.82, 2.24) is 9.13 Å². The van der Waals surface area contributed by atoms with E-state index in [0.717, 1.165) is 0 Å². The van der Waals surface area contributed by atoms with Gasteiger partial charge in [-0.05, 0) is 69.0 Å². The van der Waals surface area contributed by atoms with E-state index in [2.05, 4.69) is 278 Å². The quantitative estimate of drug-likeness (QED) is 0.152. The van der Waals surface area contributed by atoms with Gasteiger partial charge < -0.3 is 4.57 Å². The Hall–Kier alpha value is -8.89. The Morgan fingerprint density at radius 3 is 1.29 bits per heavy atom. The Morgan fingerprint density at radius 2 is 0.720 bits per heavy atom. The second kappa shape index (κ2) is 16.9. The van der Waals surface area contributed by atoms with Gasteiger partial charge in [0.1, 0.15) is 8.07 Å². The fourth-order valence-electron chi connectivity index (χ4n) is 15.1. The summed E-state index contributed by atoms with van der Waals surface area (Å²) in [6, 6.07) is 93.3. The van der Waals surface area contributed by atoms with E-state index >= 15 is 0 Å². The Balaban J connectivity index is 0.853. The zero-order valence-corrected chi connectivity index (χ0v) is 49.7. The normalized spacial score (nSPS) is 14.4. The van der Waals surface area contributed by atoms with Crippen LogP contribution in [0, 0.1) is 0 Å². The molecule has 0 saturated heterocycles. The van der Waals surface area contributed by atoms with E-state index in [1.54, 1.807) is 5.19 Å². The van der Waals surface area contributed by atoms with Crippen LogP contribution in [0.2, 0.25) is 26.2 Å². The predicted molar refractivity (Wildman–Crippen MR) is 363 cm³/mol. The monoisotopic (exact) mass is 1110 g/mol. The van der Waals surface area contributed by atoms with Gasteiger partial charge in [-0.3, -0.25) is 0 Å². The predicted octanol–water partition coefficient (Wildman–Crippen LogP) is 19.0. The van der Waals surface area contributed by atoms with Crippen LogP contribution < -0.4 is 20.7 Å². The third-order valence-electron chi connectivity index (χ3n) is 19.2. The zero-order chi connectivity index (χ0) is 54.3. The van der Waals surface area contributed by atoms with E-state index in [1.807, 2.05) is 22.7 Å². The molecule has 0 amide bonds. The van der Waals surface area contributed by atoms with Crippen molar-refractivity contribution in [1.29, 1.82) is 0 Å². The molecular weight excluding hydrogens is 1060 g/mol. The molecule has 0 spiro atoms. The van der Waals surface area contributed by atoms with Crippen LogP contribution in [0.5, 0.6) is 0 Å². The first-order valence-corrected chi connectivity index (χ1v) is 37.0. The molecule has 2 aliphatic rings. The summed E-state index contributed by atoms with van der Waals surface area (Å²) in [5, 5.41) is 16.5. The van der Waals surface area contributed by atoms with Gasteiger partial charge in [0.15, 0.2) is 0 Å². The SMILES string of the molecule is C[Si]1(C)c2ccccc2-c2ccc(-n3c4ccc(-c5ccc6c(c5)c5cc(-c7cccc8c7sc7ccccc78)ccc5n6-c5ccc6c(c5)[SiH-](C)(C)c5ccccc5-6)cc4c4cc(-c5cccc6c5sc5ccccc56)ccc43)cc21. The number of nitrogens with zero attached hydrogens (tertiary/aromatic N) is 2. The molecule has 0 saturated carbocycles. The van der Waals surface area contributed by atoms with Crippen molar-refractivity contribution in [2.45, 2.75) is 26.2 Å². The molecule has 0 radical (unpaired) electrons. The first-order valence-electron chi connectivity index (χ1n) is 28.9. The first kappa shape index (κ1) is 46.8. The second-order valence-corrected chi connectivity index (χ2v) is 35.7. The molecule has 82 heavy (non-hydrogen) atoms. The smallest absolute Gasteiger partial charge is 0.135 e. The molecule has 0 atom stereocenters. The van der Waals surface area contributed by atoms with Crippen molar-refractivity contribution >= 4 is 144 Å². The van der Waals surface area contributed by atoms with Crippen molar-refractivity contribution in [2.24, 2.45) is 0 Å². The van der Waals surface area contributed by atoms with Crippen LogP contribution in [0.25, 0.3) is 151 Å². The molecule has 2 aliphatic heterocycles. The van der Waals surface area contributed by atoms with Crippen LogP contribution in [-0.2, 0) is 0 Å². The minimum atomic E-state index is -2.31. The molecule has 0 aliphatic carbocycles. The standard InChI is InChI=1S/C76H53N2S2Si2/c1-81(2)71-25-11-7-17-55(71)57-33-31-49(43-73(57)81)77-65-35-27-45(39-61(65)63-41-47(29-37-67(63)77)51-19-13-21-59-53-15-5-9-23-69(53)79-75(51)59)46-28-36-66-62(40-46)64-42-48(52-20-14-22-60-54-16-6-10-24-70(54)80-76(52)60)30-38-68(64)78(66)50-32-34-58-56-18-8-12-26-72(56)82(3,4)74(58)44-50/h5-44,81H,1-4H3/q-1. The van der Waals surface area contributed by atoms with E-state index in [1.165, 1.54) is 167 Å². The van der Waals surface area contributed by atoms with Gasteiger partial charge in [0.2, 0.25) is 0 Å². The Bertz CT molecular complexity index is 5150. The number of rotatable bonds is 5. The van der Waals surface area contributed by atoms with Gasteiger partial charge in [-0.15, -0.1) is 11.3 Å². The van der Waals surface area contributed by atoms with Crippen molar-refractivity contribution in [3.8, 4) is 67.0 Å². The number of hydrogen-bond acceptors (Lipinski definition) is 2. The van der Waals surface area contributed by atoms with Crippen LogP contribution in [0.4, 0.5) is 0 Å². The molecule has 2 nitrogen and oxygen atoms in total. The van der Waals surface area contributed by atoms with Crippen LogP contribution in [0.15, 0.2) is 243 Å². The Morgan fingerprint density at radius 1 is 0.305 bits per heavy atom. The minimum Gasteiger partial charge on any atom is -0.135 e. The van der Waals surface area contributed by atoms with Gasteiger partial charge in [0.05, 0.1) is 5.52 Å². The summed E-state index contributed by atoms with van der Waals surface area (Å²) in [5.41, 5.74) is 20.4. The van der Waals surface area contributed by atoms with E-state index in [9.17, 15) is 0 Å². The number of fused-ring (bicyclic) bond motifs is 18. The maximum absolute atomic E-state index is 2.55. The summed E-state index contributed by atoms with van der Waals surface area (Å²) < 4.78 is 10.4. The summed E-state index contributed by atoms with van der Waals surface area (Å²) >= 11 is 3.81. The molecule has 0 N–H and O–H groups in total.